The van der Waals surface area contributed by atoms with Crippen molar-refractivity contribution >= 4 is 5.97 Å². The van der Waals surface area contributed by atoms with Crippen molar-refractivity contribution in [2.24, 2.45) is 5.73 Å². The highest BCUT2D eigenvalue weighted by Crippen LogP contribution is 2.27. The molecule has 0 aliphatic heterocycles. The number of fused-ring (bicyclic) bond motifs is 1. The fourth-order valence-electron chi connectivity index (χ4n) is 1.72. The summed E-state index contributed by atoms with van der Waals surface area (Å²) in [5.74, 6) is -0.395. The molecular formula is C10H12N2O2. The number of aryl methyl sites for hydroxylation is 1. The van der Waals surface area contributed by atoms with E-state index in [0.29, 0.717) is 5.69 Å². The summed E-state index contributed by atoms with van der Waals surface area (Å²) >= 11 is 0. The Labute approximate surface area is 82.1 Å². The summed E-state index contributed by atoms with van der Waals surface area (Å²) in [5, 5.41) is 0. The number of hydrogen-bond acceptors (Lipinski definition) is 4. The molecule has 0 saturated heterocycles. The Hall–Kier alpha value is -1.42. The normalized spacial score (nSPS) is 19.1. The minimum Gasteiger partial charge on any atom is -0.464 e. The fourth-order valence-corrected chi connectivity index (χ4v) is 1.72. The van der Waals surface area contributed by atoms with Crippen molar-refractivity contribution < 1.29 is 9.53 Å². The first-order valence-corrected chi connectivity index (χ1v) is 4.56. The largest absolute Gasteiger partial charge is 0.464 e. The van der Waals surface area contributed by atoms with E-state index in [4.69, 9.17) is 5.73 Å². The number of rotatable bonds is 1. The summed E-state index contributed by atoms with van der Waals surface area (Å²) in [6, 6.07) is 3.60. The molecule has 74 valence electrons. The minimum absolute atomic E-state index is 0.0733. The molecule has 1 aromatic heterocycles. The van der Waals surface area contributed by atoms with E-state index in [9.17, 15) is 4.79 Å². The molecule has 0 saturated carbocycles. The number of nitrogens with zero attached hydrogens (tertiary/aromatic N) is 1. The Morgan fingerprint density at radius 1 is 1.64 bits per heavy atom. The summed E-state index contributed by atoms with van der Waals surface area (Å²) in [4.78, 5) is 15.4. The van der Waals surface area contributed by atoms with Crippen molar-refractivity contribution in [2.75, 3.05) is 7.11 Å². The molecule has 1 atom stereocenters. The average Bonchev–Trinajstić information content (AvgIpc) is 2.59. The van der Waals surface area contributed by atoms with Crippen LogP contribution in [0.3, 0.4) is 0 Å². The third-order valence-electron chi connectivity index (χ3n) is 2.50. The molecule has 4 heteroatoms. The van der Waals surface area contributed by atoms with Crippen LogP contribution in [0.15, 0.2) is 12.1 Å². The molecule has 1 aromatic rings. The summed E-state index contributed by atoms with van der Waals surface area (Å²) in [6.45, 7) is 0. The van der Waals surface area contributed by atoms with E-state index in [1.54, 1.807) is 6.07 Å². The van der Waals surface area contributed by atoms with Gasteiger partial charge in [0.2, 0.25) is 0 Å². The van der Waals surface area contributed by atoms with E-state index < -0.39 is 5.97 Å². The Bertz CT molecular complexity index is 376. The lowest BCUT2D eigenvalue weighted by Crippen LogP contribution is -2.08. The standard InChI is InChI=1S/C10H12N2O2/c1-14-10(13)9-4-2-6-7(11)3-5-8(6)12-9/h2,4,7H,3,5,11H2,1H3. The molecule has 1 aliphatic carbocycles. The Morgan fingerprint density at radius 2 is 2.43 bits per heavy atom. The lowest BCUT2D eigenvalue weighted by molar-refractivity contribution is 0.0593. The van der Waals surface area contributed by atoms with Gasteiger partial charge in [-0.25, -0.2) is 9.78 Å². The summed E-state index contributed by atoms with van der Waals surface area (Å²) in [6.07, 6.45) is 1.76. The van der Waals surface area contributed by atoms with Crippen molar-refractivity contribution in [1.29, 1.82) is 0 Å². The highest BCUT2D eigenvalue weighted by atomic mass is 16.5. The first-order valence-electron chi connectivity index (χ1n) is 4.56. The summed E-state index contributed by atoms with van der Waals surface area (Å²) in [5.41, 5.74) is 8.19. The van der Waals surface area contributed by atoms with E-state index in [1.807, 2.05) is 6.07 Å². The number of hydrogen-bond donors (Lipinski definition) is 1. The van der Waals surface area contributed by atoms with Crippen LogP contribution >= 0.6 is 0 Å². The van der Waals surface area contributed by atoms with E-state index in [-0.39, 0.29) is 6.04 Å². The average molecular weight is 192 g/mol. The maximum atomic E-state index is 11.2. The molecular weight excluding hydrogens is 180 g/mol. The molecule has 14 heavy (non-hydrogen) atoms. The second-order valence-corrected chi connectivity index (χ2v) is 3.37. The Kier molecular flexibility index (Phi) is 2.21. The molecule has 2 N–H and O–H groups in total. The number of pyridine rings is 1. The maximum absolute atomic E-state index is 11.2. The number of carbonyl (C=O) groups excluding carboxylic acids is 1. The molecule has 1 aliphatic rings. The summed E-state index contributed by atoms with van der Waals surface area (Å²) < 4.78 is 4.59. The van der Waals surface area contributed by atoms with Gasteiger partial charge >= 0.3 is 5.97 Å². The van der Waals surface area contributed by atoms with Gasteiger partial charge in [0.05, 0.1) is 7.11 Å². The van der Waals surface area contributed by atoms with Gasteiger partial charge in [-0.1, -0.05) is 6.07 Å². The zero-order valence-corrected chi connectivity index (χ0v) is 7.99. The van der Waals surface area contributed by atoms with Gasteiger partial charge < -0.3 is 10.5 Å². The van der Waals surface area contributed by atoms with Crippen molar-refractivity contribution in [3.05, 3.63) is 29.1 Å². The van der Waals surface area contributed by atoms with E-state index in [0.717, 1.165) is 24.1 Å². The van der Waals surface area contributed by atoms with Gasteiger partial charge in [-0.05, 0) is 24.5 Å². The van der Waals surface area contributed by atoms with Gasteiger partial charge in [0, 0.05) is 11.7 Å². The SMILES string of the molecule is COC(=O)c1ccc2c(n1)CCC2N. The number of carbonyl (C=O) groups is 1. The van der Waals surface area contributed by atoms with E-state index in [1.165, 1.54) is 7.11 Å². The predicted molar refractivity (Wildman–Crippen MR) is 50.8 cm³/mol. The van der Waals surface area contributed by atoms with Crippen LogP contribution in [0.4, 0.5) is 0 Å². The number of methoxy groups -OCH3 is 1. The number of aromatic nitrogens is 1. The molecule has 0 amide bonds. The van der Waals surface area contributed by atoms with Gasteiger partial charge in [0.25, 0.3) is 0 Å². The van der Waals surface area contributed by atoms with Crippen LogP contribution in [0.5, 0.6) is 0 Å². The van der Waals surface area contributed by atoms with Crippen molar-refractivity contribution in [3.8, 4) is 0 Å². The second kappa shape index (κ2) is 3.38. The summed E-state index contributed by atoms with van der Waals surface area (Å²) in [7, 11) is 1.35. The van der Waals surface area contributed by atoms with Crippen LogP contribution in [0.25, 0.3) is 0 Å². The van der Waals surface area contributed by atoms with Crippen LogP contribution < -0.4 is 5.73 Å². The zero-order valence-electron chi connectivity index (χ0n) is 7.99. The van der Waals surface area contributed by atoms with Crippen LogP contribution in [-0.4, -0.2) is 18.1 Å². The minimum atomic E-state index is -0.395. The van der Waals surface area contributed by atoms with E-state index in [2.05, 4.69) is 9.72 Å². The molecule has 0 bridgehead atoms. The van der Waals surface area contributed by atoms with Crippen LogP contribution in [-0.2, 0) is 11.2 Å². The molecule has 0 spiro atoms. The first kappa shape index (κ1) is 9.15. The molecule has 0 radical (unpaired) electrons. The van der Waals surface area contributed by atoms with Crippen molar-refractivity contribution in [3.63, 3.8) is 0 Å². The molecule has 0 fully saturated rings. The third kappa shape index (κ3) is 1.37. The smallest absolute Gasteiger partial charge is 0.356 e. The maximum Gasteiger partial charge on any atom is 0.356 e. The van der Waals surface area contributed by atoms with Crippen LogP contribution in [0, 0.1) is 0 Å². The highest BCUT2D eigenvalue weighted by Gasteiger charge is 2.21. The monoisotopic (exact) mass is 192 g/mol. The van der Waals surface area contributed by atoms with Crippen molar-refractivity contribution in [2.45, 2.75) is 18.9 Å². The van der Waals surface area contributed by atoms with Gasteiger partial charge in [0.15, 0.2) is 0 Å². The molecule has 4 nitrogen and oxygen atoms in total. The van der Waals surface area contributed by atoms with Gasteiger partial charge in [-0.2, -0.15) is 0 Å². The second-order valence-electron chi connectivity index (χ2n) is 3.37. The zero-order chi connectivity index (χ0) is 10.1. The Balaban J connectivity index is 2.37. The third-order valence-corrected chi connectivity index (χ3v) is 2.50. The molecule has 0 aromatic carbocycles. The lowest BCUT2D eigenvalue weighted by Gasteiger charge is -2.04. The van der Waals surface area contributed by atoms with Crippen molar-refractivity contribution in [1.82, 2.24) is 4.98 Å². The van der Waals surface area contributed by atoms with Gasteiger partial charge in [-0.15, -0.1) is 0 Å². The van der Waals surface area contributed by atoms with Crippen LogP contribution in [0.2, 0.25) is 0 Å². The van der Waals surface area contributed by atoms with Crippen LogP contribution in [0.1, 0.15) is 34.2 Å². The van der Waals surface area contributed by atoms with Gasteiger partial charge in [0.1, 0.15) is 5.69 Å². The lowest BCUT2D eigenvalue weighted by atomic mass is 10.1. The van der Waals surface area contributed by atoms with E-state index >= 15 is 0 Å². The molecule has 1 unspecified atom stereocenters. The van der Waals surface area contributed by atoms with Gasteiger partial charge in [-0.3, -0.25) is 0 Å². The number of nitrogens with two attached hydrogens (primary N) is 1. The fraction of sp³-hybridized carbons (Fsp3) is 0.400. The Morgan fingerprint density at radius 3 is 3.14 bits per heavy atom. The quantitative estimate of drug-likeness (QED) is 0.669. The molecule has 2 rings (SSSR count). The predicted octanol–water partition coefficient (Wildman–Crippen LogP) is 0.814. The topological polar surface area (TPSA) is 65.2 Å². The molecule has 1 heterocycles. The first-order chi connectivity index (χ1) is 6.72. The highest BCUT2D eigenvalue weighted by molar-refractivity contribution is 5.87. The number of esters is 1. The number of ether oxygens (including phenoxy) is 1.